The summed E-state index contributed by atoms with van der Waals surface area (Å²) >= 11 is 1.52. The van der Waals surface area contributed by atoms with Gasteiger partial charge < -0.3 is 16.0 Å². The van der Waals surface area contributed by atoms with Gasteiger partial charge in [0, 0.05) is 22.7 Å². The minimum atomic E-state index is -0.0733. The van der Waals surface area contributed by atoms with E-state index in [-0.39, 0.29) is 12.3 Å². The van der Waals surface area contributed by atoms with E-state index in [4.69, 9.17) is 5.41 Å². The second-order valence-corrected chi connectivity index (χ2v) is 7.92. The third-order valence-corrected chi connectivity index (χ3v) is 5.47. The molecule has 0 radical (unpaired) electrons. The van der Waals surface area contributed by atoms with Crippen LogP contribution in [0.5, 0.6) is 0 Å². The van der Waals surface area contributed by atoms with Crippen molar-refractivity contribution in [3.8, 4) is 0 Å². The molecule has 0 saturated carbocycles. The molecule has 0 bridgehead atoms. The van der Waals surface area contributed by atoms with E-state index in [1.807, 2.05) is 96.4 Å². The van der Waals surface area contributed by atoms with Gasteiger partial charge in [-0.05, 0) is 65.5 Å². The van der Waals surface area contributed by atoms with Crippen LogP contribution in [0.15, 0.2) is 96.4 Å². The van der Waals surface area contributed by atoms with Gasteiger partial charge in [0.25, 0.3) is 0 Å². The molecule has 0 spiro atoms. The Morgan fingerprint density at radius 3 is 2.00 bits per heavy atom. The van der Waals surface area contributed by atoms with E-state index >= 15 is 0 Å². The maximum atomic E-state index is 12.4. The summed E-state index contributed by atoms with van der Waals surface area (Å²) in [5.74, 6) is 0.293. The first-order valence-corrected chi connectivity index (χ1v) is 10.7. The highest BCUT2D eigenvalue weighted by molar-refractivity contribution is 7.12. The molecular weight excluding hydrogens is 404 g/mol. The van der Waals surface area contributed by atoms with Crippen LogP contribution in [-0.2, 0) is 11.2 Å². The summed E-state index contributed by atoms with van der Waals surface area (Å²) in [4.78, 5) is 13.3. The number of rotatable bonds is 7. The fourth-order valence-corrected chi connectivity index (χ4v) is 3.68. The normalized spacial score (nSPS) is 10.3. The number of hydrogen-bond acceptors (Lipinski definition) is 4. The van der Waals surface area contributed by atoms with Crippen molar-refractivity contribution in [1.82, 2.24) is 0 Å². The average Bonchev–Trinajstić information content (AvgIpc) is 3.32. The number of anilines is 4. The van der Waals surface area contributed by atoms with Gasteiger partial charge in [-0.15, -0.1) is 11.3 Å². The number of amidine groups is 1. The summed E-state index contributed by atoms with van der Waals surface area (Å²) in [6.07, 6.45) is 0.284. The molecule has 154 valence electrons. The largest absolute Gasteiger partial charge is 0.356 e. The van der Waals surface area contributed by atoms with Crippen LogP contribution in [0.3, 0.4) is 0 Å². The molecule has 0 aliphatic heterocycles. The van der Waals surface area contributed by atoms with Gasteiger partial charge in [-0.2, -0.15) is 0 Å². The lowest BCUT2D eigenvalue weighted by atomic mass is 10.1. The molecule has 4 rings (SSSR count). The molecule has 0 aliphatic carbocycles. The molecule has 1 aromatic heterocycles. The molecule has 5 nitrogen and oxygen atoms in total. The van der Waals surface area contributed by atoms with Crippen LogP contribution >= 0.6 is 11.3 Å². The third kappa shape index (κ3) is 5.81. The molecule has 0 atom stereocenters. The van der Waals surface area contributed by atoms with E-state index in [1.54, 1.807) is 0 Å². The highest BCUT2D eigenvalue weighted by Gasteiger charge is 2.06. The number of carbonyl (C=O) groups is 1. The minimum absolute atomic E-state index is 0.0733. The quantitative estimate of drug-likeness (QED) is 0.213. The van der Waals surface area contributed by atoms with Gasteiger partial charge >= 0.3 is 0 Å². The molecule has 1 heterocycles. The highest BCUT2D eigenvalue weighted by atomic mass is 32.1. The van der Waals surface area contributed by atoms with Crippen LogP contribution in [0.1, 0.15) is 10.4 Å². The predicted molar refractivity (Wildman–Crippen MR) is 130 cm³/mol. The van der Waals surface area contributed by atoms with Crippen molar-refractivity contribution < 1.29 is 4.79 Å². The smallest absolute Gasteiger partial charge is 0.228 e. The predicted octanol–water partition coefficient (Wildman–Crippen LogP) is 6.11. The Hall–Kier alpha value is -3.90. The van der Waals surface area contributed by atoms with Crippen molar-refractivity contribution in [2.24, 2.45) is 0 Å². The minimum Gasteiger partial charge on any atom is -0.356 e. The zero-order valence-corrected chi connectivity index (χ0v) is 17.6. The van der Waals surface area contributed by atoms with Crippen molar-refractivity contribution in [3.63, 3.8) is 0 Å². The lowest BCUT2D eigenvalue weighted by Gasteiger charge is -2.10. The molecule has 3 aromatic carbocycles. The zero-order valence-electron chi connectivity index (χ0n) is 16.8. The van der Waals surface area contributed by atoms with Gasteiger partial charge in [-0.25, -0.2) is 0 Å². The van der Waals surface area contributed by atoms with E-state index < -0.39 is 0 Å². The van der Waals surface area contributed by atoms with Gasteiger partial charge in [-0.3, -0.25) is 10.2 Å². The van der Waals surface area contributed by atoms with E-state index in [1.165, 1.54) is 11.3 Å². The Labute approximate surface area is 185 Å². The van der Waals surface area contributed by atoms with Crippen molar-refractivity contribution in [3.05, 3.63) is 107 Å². The summed E-state index contributed by atoms with van der Waals surface area (Å²) in [5.41, 5.74) is 4.46. The SMILES string of the molecule is N=C(Nc1ccc(CC(=O)Nc2ccc(Nc3ccccc3)cc2)cc1)c1cccs1. The monoisotopic (exact) mass is 426 g/mol. The van der Waals surface area contributed by atoms with Crippen LogP contribution in [0.25, 0.3) is 0 Å². The standard InChI is InChI=1S/C25H22N4OS/c26-25(23-7-4-16-31-23)29-22-10-8-18(9-11-22)17-24(30)28-21-14-12-20(13-15-21)27-19-5-2-1-3-6-19/h1-16,27H,17H2,(H2,26,29)(H,28,30). The topological polar surface area (TPSA) is 77.0 Å². The Morgan fingerprint density at radius 1 is 0.710 bits per heavy atom. The van der Waals surface area contributed by atoms with E-state index in [9.17, 15) is 4.79 Å². The molecule has 1 amide bonds. The lowest BCUT2D eigenvalue weighted by molar-refractivity contribution is -0.115. The molecule has 4 N–H and O–H groups in total. The molecule has 0 aliphatic rings. The average molecular weight is 427 g/mol. The lowest BCUT2D eigenvalue weighted by Crippen LogP contribution is -2.14. The van der Waals surface area contributed by atoms with Gasteiger partial charge in [0.2, 0.25) is 5.91 Å². The van der Waals surface area contributed by atoms with Crippen molar-refractivity contribution in [1.29, 1.82) is 5.41 Å². The Bertz CT molecular complexity index is 1140. The fraction of sp³-hybridized carbons (Fsp3) is 0.0400. The van der Waals surface area contributed by atoms with Crippen LogP contribution in [0.4, 0.5) is 22.7 Å². The summed E-state index contributed by atoms with van der Waals surface area (Å²) in [5, 5.41) is 19.4. The molecule has 0 fully saturated rings. The molecule has 0 saturated heterocycles. The van der Waals surface area contributed by atoms with Crippen molar-refractivity contribution >= 4 is 45.8 Å². The molecule has 4 aromatic rings. The number of para-hydroxylation sites is 1. The maximum absolute atomic E-state index is 12.4. The molecular formula is C25H22N4OS. The van der Waals surface area contributed by atoms with Gasteiger partial charge in [0.1, 0.15) is 5.84 Å². The second-order valence-electron chi connectivity index (χ2n) is 6.97. The van der Waals surface area contributed by atoms with Crippen LogP contribution in [0, 0.1) is 5.41 Å². The van der Waals surface area contributed by atoms with Crippen LogP contribution in [-0.4, -0.2) is 11.7 Å². The van der Waals surface area contributed by atoms with Crippen molar-refractivity contribution in [2.75, 3.05) is 16.0 Å². The Balaban J connectivity index is 1.28. The van der Waals surface area contributed by atoms with E-state index in [0.29, 0.717) is 5.84 Å². The number of nitrogens with one attached hydrogen (secondary N) is 4. The van der Waals surface area contributed by atoms with Crippen LogP contribution < -0.4 is 16.0 Å². The van der Waals surface area contributed by atoms with Gasteiger partial charge in [0.15, 0.2) is 0 Å². The first kappa shape index (κ1) is 20.4. The molecule has 31 heavy (non-hydrogen) atoms. The summed E-state index contributed by atoms with van der Waals surface area (Å²) < 4.78 is 0. The second kappa shape index (κ2) is 9.73. The summed E-state index contributed by atoms with van der Waals surface area (Å²) in [6.45, 7) is 0. The zero-order chi connectivity index (χ0) is 21.5. The Kier molecular flexibility index (Phi) is 6.40. The van der Waals surface area contributed by atoms with Gasteiger partial charge in [0.05, 0.1) is 11.3 Å². The first-order valence-electron chi connectivity index (χ1n) is 9.86. The van der Waals surface area contributed by atoms with Gasteiger partial charge in [-0.1, -0.05) is 36.4 Å². The number of benzene rings is 3. The van der Waals surface area contributed by atoms with Crippen molar-refractivity contribution in [2.45, 2.75) is 6.42 Å². The molecule has 0 unspecified atom stereocenters. The number of hydrogen-bond donors (Lipinski definition) is 4. The number of amides is 1. The Morgan fingerprint density at radius 2 is 1.32 bits per heavy atom. The van der Waals surface area contributed by atoms with Crippen LogP contribution in [0.2, 0.25) is 0 Å². The molecule has 6 heteroatoms. The first-order chi connectivity index (χ1) is 15.2. The number of thiophene rings is 1. The third-order valence-electron chi connectivity index (χ3n) is 4.59. The summed E-state index contributed by atoms with van der Waals surface area (Å²) in [7, 11) is 0. The fourth-order valence-electron chi connectivity index (χ4n) is 3.05. The van der Waals surface area contributed by atoms with E-state index in [2.05, 4.69) is 16.0 Å². The number of carbonyl (C=O) groups excluding carboxylic acids is 1. The maximum Gasteiger partial charge on any atom is 0.228 e. The highest BCUT2D eigenvalue weighted by Crippen LogP contribution is 2.19. The summed E-state index contributed by atoms with van der Waals surface area (Å²) in [6, 6.07) is 29.0. The van der Waals surface area contributed by atoms with E-state index in [0.717, 1.165) is 33.2 Å².